The van der Waals surface area contributed by atoms with Crippen molar-refractivity contribution in [2.24, 2.45) is 0 Å². The second kappa shape index (κ2) is 8.29. The molecule has 0 bridgehead atoms. The zero-order valence-electron chi connectivity index (χ0n) is 13.6. The number of rotatable bonds is 7. The molecule has 0 radical (unpaired) electrons. The summed E-state index contributed by atoms with van der Waals surface area (Å²) in [7, 11) is 0. The van der Waals surface area contributed by atoms with E-state index < -0.39 is 0 Å². The Morgan fingerprint density at radius 3 is 2.38 bits per heavy atom. The molecule has 2 heterocycles. The van der Waals surface area contributed by atoms with Crippen molar-refractivity contribution in [3.8, 4) is 0 Å². The summed E-state index contributed by atoms with van der Waals surface area (Å²) in [5.74, 6) is 0.834. The van der Waals surface area contributed by atoms with Crippen LogP contribution in [0.3, 0.4) is 0 Å². The zero-order valence-corrected chi connectivity index (χ0v) is 13.6. The molecule has 5 nitrogen and oxygen atoms in total. The van der Waals surface area contributed by atoms with E-state index in [4.69, 9.17) is 4.74 Å². The fourth-order valence-corrected chi connectivity index (χ4v) is 2.54. The monoisotopic (exact) mass is 292 g/mol. The highest BCUT2D eigenvalue weighted by Crippen LogP contribution is 2.14. The van der Waals surface area contributed by atoms with Gasteiger partial charge in [0, 0.05) is 32.8 Å². The lowest BCUT2D eigenvalue weighted by Crippen LogP contribution is -2.46. The van der Waals surface area contributed by atoms with Crippen LogP contribution in [0.1, 0.15) is 32.5 Å². The Morgan fingerprint density at radius 1 is 1.10 bits per heavy atom. The van der Waals surface area contributed by atoms with E-state index in [9.17, 15) is 0 Å². The maximum atomic E-state index is 5.58. The van der Waals surface area contributed by atoms with Crippen molar-refractivity contribution < 1.29 is 4.74 Å². The Hall–Kier alpha value is -1.20. The number of unbranched alkanes of at least 4 members (excludes halogenated alkanes) is 1. The Balaban J connectivity index is 1.63. The smallest absolute Gasteiger partial charge is 0.125 e. The van der Waals surface area contributed by atoms with Gasteiger partial charge in [-0.2, -0.15) is 0 Å². The van der Waals surface area contributed by atoms with Crippen LogP contribution in [0.4, 0.5) is 5.69 Å². The molecule has 0 aliphatic carbocycles. The summed E-state index contributed by atoms with van der Waals surface area (Å²) in [6, 6.07) is 0. The number of anilines is 1. The molecule has 0 aromatic carbocycles. The molecule has 1 aromatic rings. The van der Waals surface area contributed by atoms with Gasteiger partial charge in [-0.25, -0.2) is 9.97 Å². The van der Waals surface area contributed by atoms with Gasteiger partial charge in [0.1, 0.15) is 5.82 Å². The van der Waals surface area contributed by atoms with Crippen LogP contribution in [0, 0.1) is 6.92 Å². The lowest BCUT2D eigenvalue weighted by molar-refractivity contribution is 0.0740. The fourth-order valence-electron chi connectivity index (χ4n) is 2.54. The van der Waals surface area contributed by atoms with Crippen LogP contribution in [0.5, 0.6) is 0 Å². The van der Waals surface area contributed by atoms with Crippen LogP contribution in [-0.2, 0) is 4.74 Å². The molecule has 21 heavy (non-hydrogen) atoms. The summed E-state index contributed by atoms with van der Waals surface area (Å²) in [5.41, 5.74) is 1.14. The molecule has 0 amide bonds. The van der Waals surface area contributed by atoms with Gasteiger partial charge in [0.25, 0.3) is 0 Å². The maximum Gasteiger partial charge on any atom is 0.125 e. The van der Waals surface area contributed by atoms with Gasteiger partial charge in [0.15, 0.2) is 0 Å². The first kappa shape index (κ1) is 16.2. The van der Waals surface area contributed by atoms with Crippen LogP contribution in [-0.4, -0.2) is 60.3 Å². The molecule has 1 aliphatic rings. The van der Waals surface area contributed by atoms with Gasteiger partial charge in [-0.05, 0) is 40.2 Å². The zero-order chi connectivity index (χ0) is 15.1. The number of ether oxygens (including phenoxy) is 1. The largest absolute Gasteiger partial charge is 0.379 e. The van der Waals surface area contributed by atoms with E-state index >= 15 is 0 Å². The second-order valence-corrected chi connectivity index (χ2v) is 5.94. The highest BCUT2D eigenvalue weighted by Gasteiger charge is 2.17. The molecule has 0 unspecified atom stereocenters. The molecule has 2 rings (SSSR count). The standard InChI is InChI=1S/C16H28N4O/c1-14(2)21-11-5-4-6-19-7-9-20(10-8-19)16-12-17-15(3)18-13-16/h12-14H,4-11H2,1-3H3. The molecule has 0 saturated carbocycles. The molecule has 5 heteroatoms. The first-order chi connectivity index (χ1) is 10.1. The van der Waals surface area contributed by atoms with E-state index in [0.717, 1.165) is 50.7 Å². The van der Waals surface area contributed by atoms with Gasteiger partial charge in [-0.3, -0.25) is 4.90 Å². The average molecular weight is 292 g/mol. The molecule has 0 spiro atoms. The molecule has 1 aromatic heterocycles. The Bertz CT molecular complexity index is 399. The Labute approximate surface area is 128 Å². The van der Waals surface area contributed by atoms with Crippen LogP contribution in [0.25, 0.3) is 0 Å². The molecular weight excluding hydrogens is 264 g/mol. The average Bonchev–Trinajstić information content (AvgIpc) is 2.48. The summed E-state index contributed by atoms with van der Waals surface area (Å²) in [6.45, 7) is 12.5. The van der Waals surface area contributed by atoms with Gasteiger partial charge < -0.3 is 9.64 Å². The second-order valence-electron chi connectivity index (χ2n) is 5.94. The summed E-state index contributed by atoms with van der Waals surface area (Å²) < 4.78 is 5.58. The summed E-state index contributed by atoms with van der Waals surface area (Å²) >= 11 is 0. The minimum atomic E-state index is 0.352. The van der Waals surface area contributed by atoms with Gasteiger partial charge in [0.05, 0.1) is 24.2 Å². The van der Waals surface area contributed by atoms with Gasteiger partial charge in [0.2, 0.25) is 0 Å². The van der Waals surface area contributed by atoms with Crippen LogP contribution in [0.2, 0.25) is 0 Å². The maximum absolute atomic E-state index is 5.58. The molecule has 1 fully saturated rings. The summed E-state index contributed by atoms with van der Waals surface area (Å²) in [6.07, 6.45) is 6.60. The van der Waals surface area contributed by atoms with Gasteiger partial charge in [-0.15, -0.1) is 0 Å². The van der Waals surface area contributed by atoms with Crippen molar-refractivity contribution in [2.75, 3.05) is 44.2 Å². The minimum absolute atomic E-state index is 0.352. The van der Waals surface area contributed by atoms with Crippen molar-refractivity contribution >= 4 is 5.69 Å². The number of piperazine rings is 1. The molecule has 0 atom stereocenters. The third kappa shape index (κ3) is 5.59. The van der Waals surface area contributed by atoms with E-state index in [1.807, 2.05) is 19.3 Å². The van der Waals surface area contributed by atoms with E-state index in [1.165, 1.54) is 13.0 Å². The Morgan fingerprint density at radius 2 is 1.76 bits per heavy atom. The quantitative estimate of drug-likeness (QED) is 0.720. The normalized spacial score (nSPS) is 16.7. The highest BCUT2D eigenvalue weighted by atomic mass is 16.5. The van der Waals surface area contributed by atoms with Crippen molar-refractivity contribution in [3.63, 3.8) is 0 Å². The van der Waals surface area contributed by atoms with Crippen molar-refractivity contribution in [1.29, 1.82) is 0 Å². The van der Waals surface area contributed by atoms with Crippen LogP contribution < -0.4 is 4.90 Å². The first-order valence-electron chi connectivity index (χ1n) is 8.02. The Kier molecular flexibility index (Phi) is 6.39. The van der Waals surface area contributed by atoms with E-state index in [-0.39, 0.29) is 0 Å². The van der Waals surface area contributed by atoms with Crippen LogP contribution in [0.15, 0.2) is 12.4 Å². The SMILES string of the molecule is Cc1ncc(N2CCN(CCCCOC(C)C)CC2)cn1. The lowest BCUT2D eigenvalue weighted by atomic mass is 10.2. The van der Waals surface area contributed by atoms with E-state index in [1.54, 1.807) is 0 Å². The first-order valence-corrected chi connectivity index (χ1v) is 8.02. The van der Waals surface area contributed by atoms with Crippen molar-refractivity contribution in [1.82, 2.24) is 14.9 Å². The van der Waals surface area contributed by atoms with Crippen LogP contribution >= 0.6 is 0 Å². The molecular formula is C16H28N4O. The predicted octanol–water partition coefficient (Wildman–Crippen LogP) is 2.11. The number of hydrogen-bond donors (Lipinski definition) is 0. The number of aromatic nitrogens is 2. The van der Waals surface area contributed by atoms with E-state index in [2.05, 4.69) is 33.6 Å². The minimum Gasteiger partial charge on any atom is -0.379 e. The predicted molar refractivity (Wildman–Crippen MR) is 85.7 cm³/mol. The van der Waals surface area contributed by atoms with Gasteiger partial charge >= 0.3 is 0 Å². The number of aryl methyl sites for hydroxylation is 1. The van der Waals surface area contributed by atoms with E-state index in [0.29, 0.717) is 6.10 Å². The third-order valence-electron chi connectivity index (χ3n) is 3.82. The highest BCUT2D eigenvalue weighted by molar-refractivity contribution is 5.42. The van der Waals surface area contributed by atoms with Crippen molar-refractivity contribution in [3.05, 3.63) is 18.2 Å². The number of nitrogens with zero attached hydrogens (tertiary/aromatic N) is 4. The third-order valence-corrected chi connectivity index (χ3v) is 3.82. The number of hydrogen-bond acceptors (Lipinski definition) is 5. The van der Waals surface area contributed by atoms with Gasteiger partial charge in [-0.1, -0.05) is 0 Å². The molecule has 1 aliphatic heterocycles. The summed E-state index contributed by atoms with van der Waals surface area (Å²) in [5, 5.41) is 0. The summed E-state index contributed by atoms with van der Waals surface area (Å²) in [4.78, 5) is 13.5. The fraction of sp³-hybridized carbons (Fsp3) is 0.750. The molecule has 118 valence electrons. The molecule has 1 saturated heterocycles. The topological polar surface area (TPSA) is 41.5 Å². The lowest BCUT2D eigenvalue weighted by Gasteiger charge is -2.35. The van der Waals surface area contributed by atoms with Crippen molar-refractivity contribution in [2.45, 2.75) is 39.7 Å². The molecule has 0 N–H and O–H groups in total.